The van der Waals surface area contributed by atoms with Gasteiger partial charge in [-0.2, -0.15) is 4.31 Å². The summed E-state index contributed by atoms with van der Waals surface area (Å²) in [6, 6.07) is 6.55. The lowest BCUT2D eigenvalue weighted by Crippen LogP contribution is -2.53. The third-order valence-corrected chi connectivity index (χ3v) is 8.73. The highest BCUT2D eigenvalue weighted by atomic mass is 32.2. The number of nitrogens with one attached hydrogen (secondary N) is 1. The van der Waals surface area contributed by atoms with Crippen molar-refractivity contribution in [1.29, 1.82) is 0 Å². The van der Waals surface area contributed by atoms with Crippen molar-refractivity contribution in [1.82, 2.24) is 14.5 Å². The molecular formula is C23H37N3O3S. The van der Waals surface area contributed by atoms with Gasteiger partial charge < -0.3 is 10.2 Å². The van der Waals surface area contributed by atoms with Gasteiger partial charge in [0.05, 0.1) is 11.4 Å². The van der Waals surface area contributed by atoms with E-state index in [-0.39, 0.29) is 22.8 Å². The number of rotatable bonds is 8. The third kappa shape index (κ3) is 5.49. The summed E-state index contributed by atoms with van der Waals surface area (Å²) in [5, 5.41) is 3.35. The molecule has 2 aliphatic rings. The van der Waals surface area contributed by atoms with Gasteiger partial charge >= 0.3 is 0 Å². The van der Waals surface area contributed by atoms with Crippen LogP contribution in [-0.4, -0.2) is 69.2 Å². The maximum atomic E-state index is 13.0. The molecule has 2 fully saturated rings. The highest BCUT2D eigenvalue weighted by Crippen LogP contribution is 2.31. The zero-order valence-corrected chi connectivity index (χ0v) is 19.3. The first kappa shape index (κ1) is 23.4. The summed E-state index contributed by atoms with van der Waals surface area (Å²) in [6.07, 6.45) is 9.97. The molecule has 1 aromatic rings. The van der Waals surface area contributed by atoms with E-state index in [4.69, 9.17) is 0 Å². The molecule has 1 N–H and O–H groups in total. The van der Waals surface area contributed by atoms with Crippen LogP contribution in [0.5, 0.6) is 0 Å². The molecule has 1 aliphatic heterocycles. The van der Waals surface area contributed by atoms with Gasteiger partial charge in [-0.15, -0.1) is 0 Å². The minimum atomic E-state index is -3.55. The minimum Gasteiger partial charge on any atom is -0.308 e. The molecule has 0 unspecified atom stereocenters. The van der Waals surface area contributed by atoms with E-state index in [9.17, 15) is 13.2 Å². The van der Waals surface area contributed by atoms with Crippen LogP contribution in [0, 0.1) is 0 Å². The molecule has 0 atom stereocenters. The number of hydrogen-bond acceptors (Lipinski definition) is 5. The molecule has 6 nitrogen and oxygen atoms in total. The lowest BCUT2D eigenvalue weighted by molar-refractivity contribution is 0.0905. The van der Waals surface area contributed by atoms with Gasteiger partial charge in [-0.1, -0.05) is 44.2 Å². The Hall–Kier alpha value is -1.28. The van der Waals surface area contributed by atoms with Crippen LogP contribution in [0.4, 0.5) is 0 Å². The quantitative estimate of drug-likeness (QED) is 0.635. The van der Waals surface area contributed by atoms with Gasteiger partial charge in [0.1, 0.15) is 0 Å². The highest BCUT2D eigenvalue weighted by molar-refractivity contribution is 7.89. The van der Waals surface area contributed by atoms with E-state index in [0.29, 0.717) is 18.7 Å². The molecule has 0 amide bonds. The number of nitrogens with zero attached hydrogens (tertiary/aromatic N) is 2. The first-order valence-corrected chi connectivity index (χ1v) is 12.8. The van der Waals surface area contributed by atoms with Crippen LogP contribution in [-0.2, 0) is 10.0 Å². The number of carbonyl (C=O) groups is 1. The normalized spacial score (nSPS) is 20.8. The molecule has 1 saturated heterocycles. The van der Waals surface area contributed by atoms with Crippen LogP contribution in [0.15, 0.2) is 29.2 Å². The fraction of sp³-hybridized carbons (Fsp3) is 0.696. The Labute approximate surface area is 182 Å². The van der Waals surface area contributed by atoms with Crippen LogP contribution in [0.25, 0.3) is 0 Å². The number of carbonyl (C=O) groups excluding carboxylic acids is 1. The molecule has 3 rings (SSSR count). The second kappa shape index (κ2) is 10.4. The Morgan fingerprint density at radius 3 is 2.30 bits per heavy atom. The van der Waals surface area contributed by atoms with E-state index in [1.165, 1.54) is 19.3 Å². The van der Waals surface area contributed by atoms with Gasteiger partial charge in [0.2, 0.25) is 10.0 Å². The van der Waals surface area contributed by atoms with Crippen molar-refractivity contribution in [3.05, 3.63) is 29.8 Å². The summed E-state index contributed by atoms with van der Waals surface area (Å²) >= 11 is 0. The molecule has 0 bridgehead atoms. The van der Waals surface area contributed by atoms with Gasteiger partial charge in [-0.25, -0.2) is 8.42 Å². The molecule has 1 heterocycles. The van der Waals surface area contributed by atoms with Gasteiger partial charge in [-0.3, -0.25) is 4.79 Å². The number of hydrogen-bond donors (Lipinski definition) is 1. The van der Waals surface area contributed by atoms with Crippen LogP contribution in [0.2, 0.25) is 0 Å². The van der Waals surface area contributed by atoms with Crippen molar-refractivity contribution in [2.45, 2.75) is 68.2 Å². The SMILES string of the molecule is CN(C)C1(CNCC(=O)c2cccc(S(=O)(=O)N3CCCCCC3)c2)CCCCC1. The Balaban J connectivity index is 1.64. The van der Waals surface area contributed by atoms with Gasteiger partial charge in [0.15, 0.2) is 5.78 Å². The predicted molar refractivity (Wildman–Crippen MR) is 120 cm³/mol. The van der Waals surface area contributed by atoms with E-state index in [1.54, 1.807) is 28.6 Å². The zero-order valence-electron chi connectivity index (χ0n) is 18.5. The Kier molecular flexibility index (Phi) is 8.07. The summed E-state index contributed by atoms with van der Waals surface area (Å²) in [4.78, 5) is 15.3. The van der Waals surface area contributed by atoms with Crippen molar-refractivity contribution in [3.8, 4) is 0 Å². The monoisotopic (exact) mass is 435 g/mol. The number of Topliss-reactive ketones (excluding diaryl/α,β-unsaturated/α-hetero) is 1. The molecule has 0 spiro atoms. The van der Waals surface area contributed by atoms with Crippen molar-refractivity contribution in [2.24, 2.45) is 0 Å². The van der Waals surface area contributed by atoms with E-state index in [1.807, 2.05) is 0 Å². The summed E-state index contributed by atoms with van der Waals surface area (Å²) in [7, 11) is 0.688. The van der Waals surface area contributed by atoms with Crippen LogP contribution in [0.1, 0.15) is 68.1 Å². The largest absolute Gasteiger partial charge is 0.308 e. The number of ketones is 1. The molecule has 1 saturated carbocycles. The Morgan fingerprint density at radius 2 is 1.67 bits per heavy atom. The second-order valence-electron chi connectivity index (χ2n) is 9.05. The average Bonchev–Trinajstić information content (AvgIpc) is 3.04. The fourth-order valence-corrected chi connectivity index (χ4v) is 6.33. The van der Waals surface area contributed by atoms with E-state index >= 15 is 0 Å². The smallest absolute Gasteiger partial charge is 0.243 e. The van der Waals surface area contributed by atoms with E-state index in [0.717, 1.165) is 45.1 Å². The average molecular weight is 436 g/mol. The number of benzene rings is 1. The van der Waals surface area contributed by atoms with Crippen LogP contribution in [0.3, 0.4) is 0 Å². The predicted octanol–water partition coefficient (Wildman–Crippen LogP) is 3.29. The Bertz CT molecular complexity index is 809. The minimum absolute atomic E-state index is 0.0624. The molecule has 7 heteroatoms. The van der Waals surface area contributed by atoms with Crippen molar-refractivity contribution in [2.75, 3.05) is 40.3 Å². The molecule has 30 heavy (non-hydrogen) atoms. The zero-order chi connectivity index (χ0) is 21.6. The van der Waals surface area contributed by atoms with Gasteiger partial charge in [0.25, 0.3) is 0 Å². The number of likely N-dealkylation sites (N-methyl/N-ethyl adjacent to an activating group) is 1. The van der Waals surface area contributed by atoms with Crippen molar-refractivity contribution in [3.63, 3.8) is 0 Å². The Morgan fingerprint density at radius 1 is 1.03 bits per heavy atom. The second-order valence-corrected chi connectivity index (χ2v) is 11.0. The number of sulfonamides is 1. The maximum Gasteiger partial charge on any atom is 0.243 e. The van der Waals surface area contributed by atoms with Crippen LogP contribution >= 0.6 is 0 Å². The van der Waals surface area contributed by atoms with E-state index in [2.05, 4.69) is 24.3 Å². The molecule has 0 aromatic heterocycles. The van der Waals surface area contributed by atoms with E-state index < -0.39 is 10.0 Å². The van der Waals surface area contributed by atoms with Crippen molar-refractivity contribution < 1.29 is 13.2 Å². The lowest BCUT2D eigenvalue weighted by Gasteiger charge is -2.43. The molecule has 0 radical (unpaired) electrons. The maximum absolute atomic E-state index is 13.0. The third-order valence-electron chi connectivity index (χ3n) is 6.83. The topological polar surface area (TPSA) is 69.7 Å². The molecular weight excluding hydrogens is 398 g/mol. The van der Waals surface area contributed by atoms with Gasteiger partial charge in [-0.05, 0) is 51.9 Å². The van der Waals surface area contributed by atoms with Crippen LogP contribution < -0.4 is 5.32 Å². The first-order chi connectivity index (χ1) is 14.3. The van der Waals surface area contributed by atoms with Crippen molar-refractivity contribution >= 4 is 15.8 Å². The molecule has 1 aromatic carbocycles. The molecule has 168 valence electrons. The van der Waals surface area contributed by atoms with Gasteiger partial charge in [0, 0.05) is 30.7 Å². The lowest BCUT2D eigenvalue weighted by atomic mass is 9.80. The summed E-state index contributed by atoms with van der Waals surface area (Å²) in [5.74, 6) is -0.0624. The summed E-state index contributed by atoms with van der Waals surface area (Å²) < 4.78 is 27.7. The first-order valence-electron chi connectivity index (χ1n) is 11.4. The fourth-order valence-electron chi connectivity index (χ4n) is 4.76. The highest BCUT2D eigenvalue weighted by Gasteiger charge is 2.34. The summed E-state index contributed by atoms with van der Waals surface area (Å²) in [6.45, 7) is 2.13. The summed E-state index contributed by atoms with van der Waals surface area (Å²) in [5.41, 5.74) is 0.567. The molecule has 1 aliphatic carbocycles. The standard InChI is InChI=1S/C23H37N3O3S/c1-25(2)23(13-6-5-7-14-23)19-24-18-22(27)20-11-10-12-21(17-20)30(28,29)26-15-8-3-4-9-16-26/h10-12,17,24H,3-9,13-16,18-19H2,1-2H3.